The summed E-state index contributed by atoms with van der Waals surface area (Å²) < 4.78 is 8.00. The smallest absolute Gasteiger partial charge is 0.261 e. The Labute approximate surface area is 229 Å². The second-order valence-electron chi connectivity index (χ2n) is 9.05. The van der Waals surface area contributed by atoms with Crippen molar-refractivity contribution in [3.05, 3.63) is 124 Å². The first-order valence-electron chi connectivity index (χ1n) is 12.6. The molecule has 192 valence electrons. The first kappa shape index (κ1) is 26.8. The van der Waals surface area contributed by atoms with E-state index in [1.165, 1.54) is 5.56 Å². The Morgan fingerprint density at radius 1 is 1.03 bits per heavy atom. The zero-order valence-electron chi connectivity index (χ0n) is 21.6. The van der Waals surface area contributed by atoms with E-state index in [1.54, 1.807) is 6.08 Å². The van der Waals surface area contributed by atoms with Gasteiger partial charge in [0, 0.05) is 34.2 Å². The molecule has 0 unspecified atom stereocenters. The average Bonchev–Trinajstić information content (AvgIpc) is 3.22. The summed E-state index contributed by atoms with van der Waals surface area (Å²) in [6, 6.07) is 29.6. The van der Waals surface area contributed by atoms with E-state index in [1.807, 2.05) is 86.6 Å². The Balaban J connectivity index is 1.40. The fourth-order valence-electron chi connectivity index (χ4n) is 4.34. The van der Waals surface area contributed by atoms with Gasteiger partial charge in [0.2, 0.25) is 0 Å². The van der Waals surface area contributed by atoms with Crippen LogP contribution in [0, 0.1) is 25.2 Å². The highest BCUT2D eigenvalue weighted by atomic mass is 35.5. The van der Waals surface area contributed by atoms with Crippen molar-refractivity contribution in [3.63, 3.8) is 0 Å². The Morgan fingerprint density at radius 3 is 2.45 bits per heavy atom. The van der Waals surface area contributed by atoms with Gasteiger partial charge < -0.3 is 14.6 Å². The molecule has 4 rings (SSSR count). The van der Waals surface area contributed by atoms with Gasteiger partial charge in [0.05, 0.1) is 0 Å². The molecule has 0 aliphatic rings. The maximum Gasteiger partial charge on any atom is 0.261 e. The van der Waals surface area contributed by atoms with Crippen molar-refractivity contribution in [2.45, 2.75) is 33.3 Å². The van der Waals surface area contributed by atoms with Crippen LogP contribution in [0.25, 0.3) is 11.8 Å². The largest absolute Gasteiger partial charge is 0.489 e. The second kappa shape index (κ2) is 12.8. The van der Waals surface area contributed by atoms with Crippen molar-refractivity contribution in [1.82, 2.24) is 9.88 Å². The van der Waals surface area contributed by atoms with E-state index in [-0.39, 0.29) is 11.5 Å². The molecule has 6 heteroatoms. The van der Waals surface area contributed by atoms with E-state index in [4.69, 9.17) is 16.3 Å². The third-order valence-corrected chi connectivity index (χ3v) is 6.72. The van der Waals surface area contributed by atoms with Gasteiger partial charge in [-0.1, -0.05) is 60.1 Å². The Morgan fingerprint density at radius 2 is 1.74 bits per heavy atom. The van der Waals surface area contributed by atoms with Crippen molar-refractivity contribution in [1.29, 1.82) is 5.26 Å². The van der Waals surface area contributed by atoms with Gasteiger partial charge in [-0.15, -0.1) is 0 Å². The molecule has 0 fully saturated rings. The topological polar surface area (TPSA) is 67.0 Å². The van der Waals surface area contributed by atoms with Crippen LogP contribution in [0.1, 0.15) is 34.5 Å². The molecule has 1 heterocycles. The molecule has 1 amide bonds. The van der Waals surface area contributed by atoms with Gasteiger partial charge in [-0.2, -0.15) is 5.26 Å². The maximum absolute atomic E-state index is 12.7. The molecule has 5 nitrogen and oxygen atoms in total. The highest BCUT2D eigenvalue weighted by Gasteiger charge is 2.14. The first-order chi connectivity index (χ1) is 18.5. The van der Waals surface area contributed by atoms with Crippen molar-refractivity contribution < 1.29 is 9.53 Å². The summed E-state index contributed by atoms with van der Waals surface area (Å²) in [6.45, 7) is 4.88. The first-order valence-corrected chi connectivity index (χ1v) is 12.9. The average molecular weight is 524 g/mol. The van der Waals surface area contributed by atoms with Gasteiger partial charge in [-0.25, -0.2) is 0 Å². The molecule has 0 atom stereocenters. The number of nitriles is 1. The van der Waals surface area contributed by atoms with Crippen molar-refractivity contribution in [3.8, 4) is 17.5 Å². The predicted octanol–water partition coefficient (Wildman–Crippen LogP) is 6.98. The normalized spacial score (nSPS) is 11.2. The summed E-state index contributed by atoms with van der Waals surface area (Å²) >= 11 is 6.22. The van der Waals surface area contributed by atoms with E-state index in [0.717, 1.165) is 46.8 Å². The molecular weight excluding hydrogens is 494 g/mol. The van der Waals surface area contributed by atoms with E-state index in [2.05, 4.69) is 28.1 Å². The molecule has 0 aliphatic heterocycles. The number of nitrogens with one attached hydrogen (secondary N) is 1. The van der Waals surface area contributed by atoms with Gasteiger partial charge >= 0.3 is 0 Å². The molecule has 0 radical (unpaired) electrons. The molecular formula is C32H30ClN3O2. The molecule has 0 bridgehead atoms. The van der Waals surface area contributed by atoms with Crippen LogP contribution in [0.15, 0.2) is 90.5 Å². The molecule has 0 spiro atoms. The van der Waals surface area contributed by atoms with Gasteiger partial charge in [0.15, 0.2) is 0 Å². The van der Waals surface area contributed by atoms with E-state index in [9.17, 15) is 10.1 Å². The number of carbonyl (C=O) groups is 1. The quantitative estimate of drug-likeness (QED) is 0.138. The van der Waals surface area contributed by atoms with Crippen molar-refractivity contribution >= 4 is 23.6 Å². The molecule has 0 aliphatic carbocycles. The fourth-order valence-corrected chi connectivity index (χ4v) is 4.53. The Bertz CT molecular complexity index is 1470. The van der Waals surface area contributed by atoms with Gasteiger partial charge in [-0.3, -0.25) is 4.79 Å². The van der Waals surface area contributed by atoms with Gasteiger partial charge in [-0.05, 0) is 80.3 Å². The SMILES string of the molecule is Cc1cc(/C=C(/C#N)C(=O)NCCCc2ccccc2)c(C)n1-c1ccc(OCc2ccccc2Cl)cc1. The fraction of sp³-hybridized carbons (Fsp3) is 0.188. The van der Waals surface area contributed by atoms with Crippen LogP contribution in [-0.4, -0.2) is 17.0 Å². The lowest BCUT2D eigenvalue weighted by Crippen LogP contribution is -2.25. The zero-order valence-corrected chi connectivity index (χ0v) is 22.3. The number of rotatable bonds is 10. The predicted molar refractivity (Wildman–Crippen MR) is 152 cm³/mol. The van der Waals surface area contributed by atoms with Crippen LogP contribution in [0.4, 0.5) is 0 Å². The number of nitrogens with zero attached hydrogens (tertiary/aromatic N) is 2. The Hall–Kier alpha value is -4.27. The molecule has 0 saturated carbocycles. The minimum absolute atomic E-state index is 0.0910. The minimum Gasteiger partial charge on any atom is -0.489 e. The number of amides is 1. The minimum atomic E-state index is -0.356. The number of carbonyl (C=O) groups excluding carboxylic acids is 1. The lowest BCUT2D eigenvalue weighted by atomic mass is 10.1. The van der Waals surface area contributed by atoms with Crippen LogP contribution in [0.2, 0.25) is 5.02 Å². The molecule has 38 heavy (non-hydrogen) atoms. The summed E-state index contributed by atoms with van der Waals surface area (Å²) in [4.78, 5) is 12.7. The van der Waals surface area contributed by atoms with Gasteiger partial charge in [0.1, 0.15) is 24.0 Å². The maximum atomic E-state index is 12.7. The number of ether oxygens (including phenoxy) is 1. The van der Waals surface area contributed by atoms with Crippen LogP contribution in [0.3, 0.4) is 0 Å². The summed E-state index contributed by atoms with van der Waals surface area (Å²) in [7, 11) is 0. The number of aromatic nitrogens is 1. The summed E-state index contributed by atoms with van der Waals surface area (Å²) in [6.07, 6.45) is 3.34. The third kappa shape index (κ3) is 6.73. The lowest BCUT2D eigenvalue weighted by Gasteiger charge is -2.12. The van der Waals surface area contributed by atoms with E-state index < -0.39 is 0 Å². The van der Waals surface area contributed by atoms with E-state index in [0.29, 0.717) is 18.2 Å². The standard InChI is InChI=1S/C32H30ClN3O2/c1-23-19-27(20-28(21-34)32(37)35-18-8-11-25-9-4-3-5-10-25)24(2)36(23)29-14-16-30(17-15-29)38-22-26-12-6-7-13-31(26)33/h3-7,9-10,12-17,19-20H,8,11,18,22H2,1-2H3,(H,35,37)/b28-20-. The monoisotopic (exact) mass is 523 g/mol. The molecule has 3 aromatic carbocycles. The number of benzene rings is 3. The van der Waals surface area contributed by atoms with Crippen LogP contribution in [-0.2, 0) is 17.8 Å². The number of hydrogen-bond acceptors (Lipinski definition) is 3. The number of hydrogen-bond donors (Lipinski definition) is 1. The Kier molecular flexibility index (Phi) is 9.02. The summed E-state index contributed by atoms with van der Waals surface area (Å²) in [5.41, 5.74) is 5.99. The third-order valence-electron chi connectivity index (χ3n) is 6.35. The zero-order chi connectivity index (χ0) is 26.9. The molecule has 1 aromatic heterocycles. The molecule has 0 saturated heterocycles. The molecule has 4 aromatic rings. The second-order valence-corrected chi connectivity index (χ2v) is 9.46. The number of aryl methyl sites for hydroxylation is 2. The van der Waals surface area contributed by atoms with Crippen molar-refractivity contribution in [2.75, 3.05) is 6.54 Å². The summed E-state index contributed by atoms with van der Waals surface area (Å²) in [5.74, 6) is 0.386. The lowest BCUT2D eigenvalue weighted by molar-refractivity contribution is -0.117. The van der Waals surface area contributed by atoms with Crippen molar-refractivity contribution in [2.24, 2.45) is 0 Å². The van der Waals surface area contributed by atoms with Gasteiger partial charge in [0.25, 0.3) is 5.91 Å². The highest BCUT2D eigenvalue weighted by Crippen LogP contribution is 2.25. The van der Waals surface area contributed by atoms with Crippen LogP contribution in [0.5, 0.6) is 5.75 Å². The molecule has 1 N–H and O–H groups in total. The summed E-state index contributed by atoms with van der Waals surface area (Å²) in [5, 5.41) is 13.2. The highest BCUT2D eigenvalue weighted by molar-refractivity contribution is 6.31. The number of halogens is 1. The van der Waals surface area contributed by atoms with Crippen LogP contribution < -0.4 is 10.1 Å². The van der Waals surface area contributed by atoms with E-state index >= 15 is 0 Å². The van der Waals surface area contributed by atoms with Crippen LogP contribution >= 0.6 is 11.6 Å².